The number of hydrogen-bond acceptors (Lipinski definition) is 2. The molecule has 16 heavy (non-hydrogen) atoms. The number of nitrogens with one attached hydrogen (secondary N) is 1. The average Bonchev–Trinajstić information content (AvgIpc) is 2.79. The first-order chi connectivity index (χ1) is 7.75. The number of hydrogen-bond donors (Lipinski definition) is 1. The maximum absolute atomic E-state index is 11.6. The minimum Gasteiger partial charge on any atom is -0.472 e. The van der Waals surface area contributed by atoms with Gasteiger partial charge in [0.25, 0.3) is 5.91 Å². The van der Waals surface area contributed by atoms with E-state index >= 15 is 0 Å². The van der Waals surface area contributed by atoms with Crippen molar-refractivity contribution in [1.82, 2.24) is 5.32 Å². The van der Waals surface area contributed by atoms with E-state index < -0.39 is 0 Å². The zero-order valence-electron chi connectivity index (χ0n) is 9.12. The number of alkyl halides is 1. The van der Waals surface area contributed by atoms with Crippen LogP contribution in [0.2, 0.25) is 0 Å². The molecule has 2 unspecified atom stereocenters. The van der Waals surface area contributed by atoms with Crippen molar-refractivity contribution in [2.24, 2.45) is 5.92 Å². The van der Waals surface area contributed by atoms with Gasteiger partial charge in [0.1, 0.15) is 6.26 Å². The van der Waals surface area contributed by atoms with Gasteiger partial charge in [-0.3, -0.25) is 4.79 Å². The summed E-state index contributed by atoms with van der Waals surface area (Å²) in [7, 11) is 0. The summed E-state index contributed by atoms with van der Waals surface area (Å²) in [6.07, 6.45) is 7.88. The molecular weight excluding hydrogens is 270 g/mol. The summed E-state index contributed by atoms with van der Waals surface area (Å²) in [6, 6.07) is 1.68. The quantitative estimate of drug-likeness (QED) is 0.868. The summed E-state index contributed by atoms with van der Waals surface area (Å²) < 4.78 is 4.88. The molecule has 1 fully saturated rings. The highest BCUT2D eigenvalue weighted by atomic mass is 79.9. The summed E-state index contributed by atoms with van der Waals surface area (Å²) in [5.41, 5.74) is 0.603. The normalized spacial score (nSPS) is 25.3. The summed E-state index contributed by atoms with van der Waals surface area (Å²) in [5, 5.41) is 2.96. The van der Waals surface area contributed by atoms with Crippen LogP contribution in [-0.2, 0) is 0 Å². The largest absolute Gasteiger partial charge is 0.472 e. The van der Waals surface area contributed by atoms with Crippen LogP contribution in [0.5, 0.6) is 0 Å². The van der Waals surface area contributed by atoms with Crippen LogP contribution in [-0.4, -0.2) is 17.3 Å². The third-order valence-corrected chi connectivity index (χ3v) is 3.89. The molecule has 1 aliphatic rings. The highest BCUT2D eigenvalue weighted by Gasteiger charge is 2.20. The van der Waals surface area contributed by atoms with Gasteiger partial charge in [0.2, 0.25) is 0 Å². The molecule has 1 N–H and O–H groups in total. The Hall–Kier alpha value is -0.770. The number of rotatable bonds is 3. The third kappa shape index (κ3) is 3.11. The van der Waals surface area contributed by atoms with Gasteiger partial charge in [0, 0.05) is 11.4 Å². The van der Waals surface area contributed by atoms with Gasteiger partial charge in [-0.25, -0.2) is 0 Å². The second kappa shape index (κ2) is 5.53. The van der Waals surface area contributed by atoms with Crippen molar-refractivity contribution in [3.05, 3.63) is 24.2 Å². The number of amides is 1. The fraction of sp³-hybridized carbons (Fsp3) is 0.583. The highest BCUT2D eigenvalue weighted by Crippen LogP contribution is 2.28. The van der Waals surface area contributed by atoms with Crippen LogP contribution in [0, 0.1) is 5.92 Å². The van der Waals surface area contributed by atoms with Gasteiger partial charge in [-0.05, 0) is 31.2 Å². The molecule has 1 aliphatic carbocycles. The molecular formula is C12H16BrNO2. The lowest BCUT2D eigenvalue weighted by molar-refractivity contribution is 0.0943. The summed E-state index contributed by atoms with van der Waals surface area (Å²) in [5.74, 6) is 0.569. The van der Waals surface area contributed by atoms with Gasteiger partial charge in [-0.2, -0.15) is 0 Å². The first-order valence-electron chi connectivity index (χ1n) is 5.70. The molecule has 88 valence electrons. The van der Waals surface area contributed by atoms with Crippen molar-refractivity contribution < 1.29 is 9.21 Å². The van der Waals surface area contributed by atoms with E-state index in [0.29, 0.717) is 16.3 Å². The van der Waals surface area contributed by atoms with E-state index in [0.717, 1.165) is 13.0 Å². The van der Waals surface area contributed by atoms with E-state index in [1.54, 1.807) is 6.07 Å². The Bertz CT molecular complexity index is 337. The van der Waals surface area contributed by atoms with E-state index in [9.17, 15) is 4.79 Å². The lowest BCUT2D eigenvalue weighted by Crippen LogP contribution is -2.31. The minimum atomic E-state index is -0.0366. The zero-order valence-corrected chi connectivity index (χ0v) is 10.7. The SMILES string of the molecule is O=C(NCC1CCCC(Br)C1)c1ccoc1. The monoisotopic (exact) mass is 285 g/mol. The van der Waals surface area contributed by atoms with Crippen LogP contribution >= 0.6 is 15.9 Å². The fourth-order valence-corrected chi connectivity index (χ4v) is 3.00. The highest BCUT2D eigenvalue weighted by molar-refractivity contribution is 9.09. The van der Waals surface area contributed by atoms with Crippen LogP contribution in [0.4, 0.5) is 0 Å². The molecule has 1 aromatic rings. The Kier molecular flexibility index (Phi) is 4.04. The predicted octanol–water partition coefficient (Wildman–Crippen LogP) is 2.96. The molecule has 0 aromatic carbocycles. The lowest BCUT2D eigenvalue weighted by Gasteiger charge is -2.25. The number of carbonyl (C=O) groups is 1. The first kappa shape index (κ1) is 11.7. The van der Waals surface area contributed by atoms with E-state index in [1.807, 2.05) is 0 Å². The Morgan fingerprint density at radius 2 is 2.44 bits per heavy atom. The Labute approximate surface area is 104 Å². The van der Waals surface area contributed by atoms with Crippen LogP contribution in [0.25, 0.3) is 0 Å². The van der Waals surface area contributed by atoms with Crippen molar-refractivity contribution >= 4 is 21.8 Å². The number of carbonyl (C=O) groups excluding carboxylic acids is 1. The molecule has 0 radical (unpaired) electrons. The maximum atomic E-state index is 11.6. The van der Waals surface area contributed by atoms with Gasteiger partial charge in [0.05, 0.1) is 11.8 Å². The molecule has 0 saturated heterocycles. The zero-order chi connectivity index (χ0) is 11.4. The Morgan fingerprint density at radius 1 is 1.56 bits per heavy atom. The molecule has 3 nitrogen and oxygen atoms in total. The molecule has 0 spiro atoms. The van der Waals surface area contributed by atoms with E-state index in [4.69, 9.17) is 4.42 Å². The average molecular weight is 286 g/mol. The van der Waals surface area contributed by atoms with Crippen molar-refractivity contribution in [1.29, 1.82) is 0 Å². The molecule has 2 atom stereocenters. The molecule has 1 saturated carbocycles. The standard InChI is InChI=1S/C12H16BrNO2/c13-11-3-1-2-9(6-11)7-14-12(15)10-4-5-16-8-10/h4-5,8-9,11H,1-3,6-7H2,(H,14,15). The summed E-state index contributed by atoms with van der Waals surface area (Å²) >= 11 is 3.65. The van der Waals surface area contributed by atoms with Gasteiger partial charge in [-0.15, -0.1) is 0 Å². The van der Waals surface area contributed by atoms with Gasteiger partial charge >= 0.3 is 0 Å². The fourth-order valence-electron chi connectivity index (χ4n) is 2.14. The topological polar surface area (TPSA) is 42.2 Å². The molecule has 2 rings (SSSR count). The van der Waals surface area contributed by atoms with Crippen LogP contribution < -0.4 is 5.32 Å². The van der Waals surface area contributed by atoms with E-state index in [1.165, 1.54) is 31.8 Å². The van der Waals surface area contributed by atoms with Crippen molar-refractivity contribution in [3.8, 4) is 0 Å². The maximum Gasteiger partial charge on any atom is 0.254 e. The van der Waals surface area contributed by atoms with Gasteiger partial charge < -0.3 is 9.73 Å². The second-order valence-electron chi connectivity index (χ2n) is 4.35. The molecule has 1 amide bonds. The van der Waals surface area contributed by atoms with Crippen molar-refractivity contribution in [2.75, 3.05) is 6.54 Å². The second-order valence-corrected chi connectivity index (χ2v) is 5.65. The molecule has 1 heterocycles. The van der Waals surface area contributed by atoms with Crippen LogP contribution in [0.3, 0.4) is 0 Å². The Morgan fingerprint density at radius 3 is 3.12 bits per heavy atom. The van der Waals surface area contributed by atoms with E-state index in [2.05, 4.69) is 21.2 Å². The van der Waals surface area contributed by atoms with Crippen LogP contribution in [0.15, 0.2) is 23.0 Å². The minimum absolute atomic E-state index is 0.0366. The molecule has 0 aliphatic heterocycles. The van der Waals surface area contributed by atoms with Crippen LogP contribution in [0.1, 0.15) is 36.0 Å². The molecule has 0 bridgehead atoms. The van der Waals surface area contributed by atoms with Gasteiger partial charge in [0.15, 0.2) is 0 Å². The summed E-state index contributed by atoms with van der Waals surface area (Å²) in [4.78, 5) is 12.3. The number of furan rings is 1. The van der Waals surface area contributed by atoms with Gasteiger partial charge in [-0.1, -0.05) is 22.4 Å². The molecule has 1 aromatic heterocycles. The molecule has 4 heteroatoms. The number of halogens is 1. The lowest BCUT2D eigenvalue weighted by atomic mass is 9.89. The first-order valence-corrected chi connectivity index (χ1v) is 6.61. The van der Waals surface area contributed by atoms with E-state index in [-0.39, 0.29) is 5.91 Å². The Balaban J connectivity index is 1.77. The third-order valence-electron chi connectivity index (χ3n) is 3.05. The summed E-state index contributed by atoms with van der Waals surface area (Å²) in [6.45, 7) is 0.770. The van der Waals surface area contributed by atoms with Crippen molar-refractivity contribution in [3.63, 3.8) is 0 Å². The predicted molar refractivity (Wildman–Crippen MR) is 65.7 cm³/mol. The van der Waals surface area contributed by atoms with Crippen molar-refractivity contribution in [2.45, 2.75) is 30.5 Å². The smallest absolute Gasteiger partial charge is 0.254 e.